The number of methoxy groups -OCH3 is 2. The van der Waals surface area contributed by atoms with Crippen molar-refractivity contribution < 1.29 is 38.1 Å². The summed E-state index contributed by atoms with van der Waals surface area (Å²) in [6.07, 6.45) is -0.585. The number of nitrogens with one attached hydrogen (secondary N) is 1. The fraction of sp³-hybridized carbons (Fsp3) is 0.421. The molecular formula is C38H46BrN3O8. The van der Waals surface area contributed by atoms with Crippen molar-refractivity contribution >= 4 is 40.1 Å². The van der Waals surface area contributed by atoms with E-state index in [1.165, 1.54) is 36.5 Å². The van der Waals surface area contributed by atoms with Crippen molar-refractivity contribution in [2.45, 2.75) is 92.0 Å². The second-order valence-corrected chi connectivity index (χ2v) is 15.1. The van der Waals surface area contributed by atoms with E-state index in [0.717, 1.165) is 28.7 Å². The molecule has 0 fully saturated rings. The Balaban J connectivity index is 0.000000172. The minimum Gasteiger partial charge on any atom is -0.465 e. The van der Waals surface area contributed by atoms with E-state index in [2.05, 4.69) is 32.0 Å². The van der Waals surface area contributed by atoms with Gasteiger partial charge in [0, 0.05) is 43.7 Å². The Bertz CT molecular complexity index is 1740. The number of amides is 2. The van der Waals surface area contributed by atoms with Crippen LogP contribution in [0.15, 0.2) is 59.1 Å². The van der Waals surface area contributed by atoms with Gasteiger partial charge in [0.05, 0.1) is 25.3 Å². The molecule has 3 aliphatic heterocycles. The van der Waals surface area contributed by atoms with Gasteiger partial charge in [-0.05, 0) is 111 Å². The summed E-state index contributed by atoms with van der Waals surface area (Å²) < 4.78 is 21.1. The first-order chi connectivity index (χ1) is 23.5. The second kappa shape index (κ2) is 16.1. The molecule has 1 N–H and O–H groups in total. The number of rotatable bonds is 2. The number of halogens is 1. The predicted molar refractivity (Wildman–Crippen MR) is 191 cm³/mol. The maximum absolute atomic E-state index is 12.0. The molecule has 3 aromatic rings. The molecule has 0 unspecified atom stereocenters. The normalized spacial score (nSPS) is 14.2. The van der Waals surface area contributed by atoms with Crippen molar-refractivity contribution in [2.75, 3.05) is 14.2 Å². The molecule has 0 aromatic heterocycles. The monoisotopic (exact) mass is 751 g/mol. The van der Waals surface area contributed by atoms with E-state index in [0.29, 0.717) is 37.3 Å². The van der Waals surface area contributed by atoms with Gasteiger partial charge in [-0.25, -0.2) is 19.2 Å². The predicted octanol–water partition coefficient (Wildman–Crippen LogP) is 7.50. The van der Waals surface area contributed by atoms with Crippen LogP contribution in [-0.4, -0.2) is 59.3 Å². The zero-order valence-corrected chi connectivity index (χ0v) is 31.6. The van der Waals surface area contributed by atoms with Crippen molar-refractivity contribution in [3.63, 3.8) is 0 Å². The van der Waals surface area contributed by atoms with Gasteiger partial charge in [-0.3, -0.25) is 9.80 Å². The van der Waals surface area contributed by atoms with E-state index >= 15 is 0 Å². The highest BCUT2D eigenvalue weighted by Gasteiger charge is 2.29. The van der Waals surface area contributed by atoms with Crippen LogP contribution in [0.1, 0.15) is 95.6 Å². The number of nitrogens with zero attached hydrogens (tertiary/aromatic N) is 2. The Morgan fingerprint density at radius 2 is 0.980 bits per heavy atom. The molecule has 0 spiro atoms. The summed E-state index contributed by atoms with van der Waals surface area (Å²) in [5.41, 5.74) is 7.01. The molecule has 0 saturated carbocycles. The van der Waals surface area contributed by atoms with Crippen molar-refractivity contribution in [1.29, 1.82) is 0 Å². The maximum atomic E-state index is 12.0. The number of benzene rings is 3. The van der Waals surface area contributed by atoms with E-state index in [1.807, 2.05) is 71.9 Å². The van der Waals surface area contributed by atoms with E-state index in [9.17, 15) is 19.2 Å². The number of hydrogen-bond acceptors (Lipinski definition) is 9. The SMILES string of the molecule is CC(C)(C)OC(=O)N1Cc2ccc(Br)cc2C1.COC(=O)c1ccc2c(c1)CN(C(=O)OC(C)(C)C)C2.COC(=O)c1ccc2c(c1)CNC2. The lowest BCUT2D eigenvalue weighted by Crippen LogP contribution is -2.33. The van der Waals surface area contributed by atoms with E-state index < -0.39 is 11.2 Å². The van der Waals surface area contributed by atoms with Crippen molar-refractivity contribution in [3.8, 4) is 0 Å². The van der Waals surface area contributed by atoms with Gasteiger partial charge < -0.3 is 24.3 Å². The molecule has 0 saturated heterocycles. The van der Waals surface area contributed by atoms with Crippen LogP contribution in [0.25, 0.3) is 0 Å². The van der Waals surface area contributed by atoms with Gasteiger partial charge >= 0.3 is 24.1 Å². The number of fused-ring (bicyclic) bond motifs is 3. The van der Waals surface area contributed by atoms with Crippen LogP contribution in [-0.2, 0) is 58.2 Å². The first-order valence-electron chi connectivity index (χ1n) is 16.3. The molecule has 0 bridgehead atoms. The molecular weight excluding hydrogens is 706 g/mol. The van der Waals surface area contributed by atoms with E-state index in [1.54, 1.807) is 28.0 Å². The third-order valence-electron chi connectivity index (χ3n) is 7.80. The van der Waals surface area contributed by atoms with Gasteiger partial charge in [0.1, 0.15) is 11.2 Å². The molecule has 50 heavy (non-hydrogen) atoms. The van der Waals surface area contributed by atoms with Gasteiger partial charge in [0.2, 0.25) is 0 Å². The molecule has 3 aliphatic rings. The summed E-state index contributed by atoms with van der Waals surface area (Å²) in [6.45, 7) is 15.1. The van der Waals surface area contributed by atoms with Gasteiger partial charge in [0.15, 0.2) is 0 Å². The highest BCUT2D eigenvalue weighted by atomic mass is 79.9. The minimum atomic E-state index is -0.511. The third kappa shape index (κ3) is 10.5. The fourth-order valence-electron chi connectivity index (χ4n) is 5.45. The standard InChI is InChI=1S/C15H19NO4.C13H16BrNO2.C10H11NO2/c1-15(2,3)20-14(18)16-8-11-6-5-10(13(17)19-4)7-12(11)9-16;1-13(2,3)17-12(16)15-7-9-4-5-11(14)6-10(9)8-15;1-13-10(12)7-2-3-8-5-11-6-9(8)4-7/h5-7H,8-9H2,1-4H3;4-6H,7-8H2,1-3H3;2-4,11H,5-6H2,1H3. The van der Waals surface area contributed by atoms with Gasteiger partial charge in [-0.2, -0.15) is 0 Å². The van der Waals surface area contributed by atoms with Crippen molar-refractivity contribution in [1.82, 2.24) is 15.1 Å². The van der Waals surface area contributed by atoms with Crippen LogP contribution in [0, 0.1) is 0 Å². The smallest absolute Gasteiger partial charge is 0.410 e. The number of ether oxygens (including phenoxy) is 4. The fourth-order valence-corrected chi connectivity index (χ4v) is 5.86. The Morgan fingerprint density at radius 3 is 1.46 bits per heavy atom. The number of hydrogen-bond donors (Lipinski definition) is 1. The van der Waals surface area contributed by atoms with Crippen LogP contribution < -0.4 is 5.32 Å². The van der Waals surface area contributed by atoms with Crippen LogP contribution in [0.3, 0.4) is 0 Å². The number of carbonyl (C=O) groups is 4. The second-order valence-electron chi connectivity index (χ2n) is 14.1. The van der Waals surface area contributed by atoms with E-state index in [4.69, 9.17) is 14.2 Å². The summed E-state index contributed by atoms with van der Waals surface area (Å²) in [7, 11) is 2.75. The lowest BCUT2D eigenvalue weighted by Gasteiger charge is -2.24. The van der Waals surface area contributed by atoms with Crippen LogP contribution >= 0.6 is 15.9 Å². The topological polar surface area (TPSA) is 124 Å². The molecule has 0 aliphatic carbocycles. The first-order valence-corrected chi connectivity index (χ1v) is 17.1. The third-order valence-corrected chi connectivity index (χ3v) is 8.30. The highest BCUT2D eigenvalue weighted by Crippen LogP contribution is 2.28. The van der Waals surface area contributed by atoms with Gasteiger partial charge in [0.25, 0.3) is 0 Å². The lowest BCUT2D eigenvalue weighted by molar-refractivity contribution is 0.0232. The molecule has 0 radical (unpaired) electrons. The average molecular weight is 753 g/mol. The molecule has 3 aromatic carbocycles. The Morgan fingerprint density at radius 1 is 0.580 bits per heavy atom. The first kappa shape index (κ1) is 38.4. The Hall–Kier alpha value is -4.42. The van der Waals surface area contributed by atoms with Crippen LogP contribution in [0.5, 0.6) is 0 Å². The molecule has 2 amide bonds. The lowest BCUT2D eigenvalue weighted by atomic mass is 10.1. The quantitative estimate of drug-likeness (QED) is 0.209. The number of esters is 2. The number of carbonyl (C=O) groups excluding carboxylic acids is 4. The zero-order chi connectivity index (χ0) is 36.8. The van der Waals surface area contributed by atoms with E-state index in [-0.39, 0.29) is 24.1 Å². The maximum Gasteiger partial charge on any atom is 0.410 e. The molecule has 268 valence electrons. The molecule has 11 nitrogen and oxygen atoms in total. The largest absolute Gasteiger partial charge is 0.465 e. The van der Waals surface area contributed by atoms with Crippen molar-refractivity contribution in [3.05, 3.63) is 104 Å². The summed E-state index contributed by atoms with van der Waals surface area (Å²) in [4.78, 5) is 49.9. The highest BCUT2D eigenvalue weighted by molar-refractivity contribution is 9.10. The summed E-state index contributed by atoms with van der Waals surface area (Å²) >= 11 is 3.44. The zero-order valence-electron chi connectivity index (χ0n) is 30.0. The van der Waals surface area contributed by atoms with Crippen LogP contribution in [0.2, 0.25) is 0 Å². The van der Waals surface area contributed by atoms with Gasteiger partial charge in [-0.15, -0.1) is 0 Å². The van der Waals surface area contributed by atoms with Crippen molar-refractivity contribution in [2.24, 2.45) is 0 Å². The summed E-state index contributed by atoms with van der Waals surface area (Å²) in [5.74, 6) is -0.641. The molecule has 3 heterocycles. The Labute approximate surface area is 302 Å². The summed E-state index contributed by atoms with van der Waals surface area (Å²) in [5, 5.41) is 3.22. The van der Waals surface area contributed by atoms with Crippen LogP contribution in [0.4, 0.5) is 9.59 Å². The van der Waals surface area contributed by atoms with Gasteiger partial charge in [-0.1, -0.05) is 34.1 Å². The average Bonchev–Trinajstić information content (AvgIpc) is 3.80. The summed E-state index contributed by atoms with van der Waals surface area (Å²) in [6, 6.07) is 17.1. The molecule has 6 rings (SSSR count). The minimum absolute atomic E-state index is 0.246. The molecule has 0 atom stereocenters. The Kier molecular flexibility index (Phi) is 12.3. The molecule has 12 heteroatoms.